The lowest BCUT2D eigenvalue weighted by molar-refractivity contribution is 0.0972. The molecule has 4 heteroatoms. The van der Waals surface area contributed by atoms with Gasteiger partial charge in [-0.3, -0.25) is 4.79 Å². The Morgan fingerprint density at radius 1 is 1.00 bits per heavy atom. The summed E-state index contributed by atoms with van der Waals surface area (Å²) in [6.07, 6.45) is 3.13. The van der Waals surface area contributed by atoms with Gasteiger partial charge in [-0.25, -0.2) is 4.98 Å². The van der Waals surface area contributed by atoms with Crippen LogP contribution >= 0.6 is 0 Å². The summed E-state index contributed by atoms with van der Waals surface area (Å²) < 4.78 is 0. The number of carbonyl (C=O) groups excluding carboxylic acids is 1. The summed E-state index contributed by atoms with van der Waals surface area (Å²) >= 11 is 0. The number of aliphatic hydroxyl groups excluding tert-OH is 1. The van der Waals surface area contributed by atoms with Crippen LogP contribution in [0.2, 0.25) is 0 Å². The molecule has 0 spiro atoms. The number of aromatic amines is 1. The van der Waals surface area contributed by atoms with Crippen LogP contribution in [-0.4, -0.2) is 20.9 Å². The third-order valence-electron chi connectivity index (χ3n) is 5.17. The lowest BCUT2D eigenvalue weighted by atomic mass is 10.0. The van der Waals surface area contributed by atoms with E-state index in [1.165, 1.54) is 27.8 Å². The van der Waals surface area contributed by atoms with E-state index in [9.17, 15) is 4.79 Å². The molecule has 0 saturated heterocycles. The highest BCUT2D eigenvalue weighted by Gasteiger charge is 2.11. The summed E-state index contributed by atoms with van der Waals surface area (Å²) in [4.78, 5) is 19.0. The van der Waals surface area contributed by atoms with Crippen LogP contribution in [0.25, 0.3) is 11.3 Å². The van der Waals surface area contributed by atoms with E-state index >= 15 is 0 Å². The summed E-state index contributed by atoms with van der Waals surface area (Å²) in [5, 5.41) is 8.88. The molecule has 0 saturated carbocycles. The van der Waals surface area contributed by atoms with Crippen molar-refractivity contribution in [2.75, 3.05) is 0 Å². The van der Waals surface area contributed by atoms with Crippen molar-refractivity contribution in [1.82, 2.24) is 9.97 Å². The van der Waals surface area contributed by atoms with E-state index in [1.807, 2.05) is 19.1 Å². The molecule has 1 heterocycles. The topological polar surface area (TPSA) is 66.0 Å². The van der Waals surface area contributed by atoms with Crippen LogP contribution < -0.4 is 0 Å². The molecule has 2 N–H and O–H groups in total. The molecule has 0 bridgehead atoms. The van der Waals surface area contributed by atoms with Crippen molar-refractivity contribution in [2.24, 2.45) is 0 Å². The van der Waals surface area contributed by atoms with Crippen LogP contribution in [0.15, 0.2) is 36.5 Å². The van der Waals surface area contributed by atoms with Gasteiger partial charge in [-0.05, 0) is 74.9 Å². The molecule has 3 aromatic rings. The number of carbonyl (C=O) groups is 1. The van der Waals surface area contributed by atoms with Gasteiger partial charge in [0.25, 0.3) is 0 Å². The van der Waals surface area contributed by atoms with Crippen molar-refractivity contribution in [1.29, 1.82) is 0 Å². The predicted octanol–water partition coefficient (Wildman–Crippen LogP) is 5.78. The van der Waals surface area contributed by atoms with E-state index < -0.39 is 0 Å². The van der Waals surface area contributed by atoms with Crippen LogP contribution in [0.3, 0.4) is 0 Å². The van der Waals surface area contributed by atoms with Crippen molar-refractivity contribution >= 4 is 5.78 Å². The number of rotatable bonds is 5. The average molecular weight is 393 g/mol. The SMILES string of the molecule is CCCC(=O)c1ncc(-c2cc(C)ccc2C)[nH]1.Cc1cc(CO)cc(C)c1C. The zero-order valence-corrected chi connectivity index (χ0v) is 18.4. The molecule has 154 valence electrons. The van der Waals surface area contributed by atoms with E-state index in [4.69, 9.17) is 5.11 Å². The van der Waals surface area contributed by atoms with Crippen LogP contribution in [-0.2, 0) is 6.61 Å². The minimum atomic E-state index is 0.0778. The molecule has 0 unspecified atom stereocenters. The second kappa shape index (κ2) is 10.2. The molecule has 4 nitrogen and oxygen atoms in total. The van der Waals surface area contributed by atoms with Crippen molar-refractivity contribution in [2.45, 2.75) is 61.0 Å². The van der Waals surface area contributed by atoms with Crippen LogP contribution in [0.1, 0.15) is 63.8 Å². The molecule has 29 heavy (non-hydrogen) atoms. The number of aryl methyl sites for hydroxylation is 4. The van der Waals surface area contributed by atoms with Gasteiger partial charge in [-0.2, -0.15) is 0 Å². The number of ketones is 1. The zero-order chi connectivity index (χ0) is 21.6. The minimum absolute atomic E-state index is 0.0778. The minimum Gasteiger partial charge on any atom is -0.392 e. The number of Topliss-reactive ketones (excluding diaryl/α,β-unsaturated/α-hetero) is 1. The first-order valence-corrected chi connectivity index (χ1v) is 10.1. The van der Waals surface area contributed by atoms with E-state index in [0.29, 0.717) is 12.2 Å². The first-order valence-electron chi connectivity index (χ1n) is 10.1. The number of hydrogen-bond acceptors (Lipinski definition) is 3. The quantitative estimate of drug-likeness (QED) is 0.541. The fourth-order valence-corrected chi connectivity index (χ4v) is 3.19. The van der Waals surface area contributed by atoms with Gasteiger partial charge in [0.1, 0.15) is 0 Å². The maximum atomic E-state index is 11.7. The fourth-order valence-electron chi connectivity index (χ4n) is 3.19. The number of hydrogen-bond donors (Lipinski definition) is 2. The standard InChI is InChI=1S/C15H18N2O.C10H14O/c1-4-5-14(18)15-16-9-13(17-15)12-8-10(2)6-7-11(12)3;1-7-4-10(6-11)5-8(2)9(7)3/h6-9H,4-5H2,1-3H3,(H,16,17);4-5,11H,6H2,1-3H3. The van der Waals surface area contributed by atoms with E-state index in [2.05, 4.69) is 62.8 Å². The molecule has 3 rings (SSSR count). The first-order chi connectivity index (χ1) is 13.8. The highest BCUT2D eigenvalue weighted by molar-refractivity contribution is 5.93. The second-order valence-corrected chi connectivity index (χ2v) is 7.65. The highest BCUT2D eigenvalue weighted by Crippen LogP contribution is 2.23. The third kappa shape index (κ3) is 5.88. The monoisotopic (exact) mass is 392 g/mol. The number of aromatic nitrogens is 2. The van der Waals surface area contributed by atoms with Gasteiger partial charge in [0, 0.05) is 12.0 Å². The number of benzene rings is 2. The molecular weight excluding hydrogens is 360 g/mol. The average Bonchev–Trinajstić information content (AvgIpc) is 3.18. The predicted molar refractivity (Wildman–Crippen MR) is 119 cm³/mol. The van der Waals surface area contributed by atoms with E-state index in [-0.39, 0.29) is 12.4 Å². The number of nitrogens with zero attached hydrogens (tertiary/aromatic N) is 1. The summed E-state index contributed by atoms with van der Waals surface area (Å²) in [6, 6.07) is 10.3. The molecule has 0 aliphatic heterocycles. The van der Waals surface area contributed by atoms with Crippen LogP contribution in [0.4, 0.5) is 0 Å². The molecule has 1 aromatic heterocycles. The third-order valence-corrected chi connectivity index (χ3v) is 5.17. The fraction of sp³-hybridized carbons (Fsp3) is 0.360. The van der Waals surface area contributed by atoms with Crippen molar-refractivity contribution < 1.29 is 9.90 Å². The summed E-state index contributed by atoms with van der Waals surface area (Å²) in [6.45, 7) is 12.5. The Hall–Kier alpha value is -2.72. The maximum Gasteiger partial charge on any atom is 0.198 e. The molecule has 0 fully saturated rings. The Morgan fingerprint density at radius 2 is 1.66 bits per heavy atom. The molecule has 0 atom stereocenters. The lowest BCUT2D eigenvalue weighted by Gasteiger charge is -2.06. The molecular formula is C25H32N2O2. The molecule has 0 aliphatic rings. The first kappa shape index (κ1) is 22.6. The van der Waals surface area contributed by atoms with Gasteiger partial charge in [-0.1, -0.05) is 36.8 Å². The van der Waals surface area contributed by atoms with E-state index in [1.54, 1.807) is 6.20 Å². The van der Waals surface area contributed by atoms with Crippen molar-refractivity contribution in [3.8, 4) is 11.3 Å². The number of imidazole rings is 1. The summed E-state index contributed by atoms with van der Waals surface area (Å²) in [5.74, 6) is 0.543. The molecule has 0 radical (unpaired) electrons. The molecule has 0 amide bonds. The second-order valence-electron chi connectivity index (χ2n) is 7.65. The lowest BCUT2D eigenvalue weighted by Crippen LogP contribution is -2.00. The smallest absolute Gasteiger partial charge is 0.198 e. The molecule has 0 aliphatic carbocycles. The van der Waals surface area contributed by atoms with Gasteiger partial charge >= 0.3 is 0 Å². The van der Waals surface area contributed by atoms with Gasteiger partial charge in [0.2, 0.25) is 0 Å². The molecule has 2 aromatic carbocycles. The summed E-state index contributed by atoms with van der Waals surface area (Å²) in [7, 11) is 0. The number of nitrogens with one attached hydrogen (secondary N) is 1. The largest absolute Gasteiger partial charge is 0.392 e. The van der Waals surface area contributed by atoms with E-state index in [0.717, 1.165) is 23.2 Å². The normalized spacial score (nSPS) is 10.4. The van der Waals surface area contributed by atoms with Gasteiger partial charge in [0.05, 0.1) is 18.5 Å². The summed E-state index contributed by atoms with van der Waals surface area (Å²) in [5.41, 5.74) is 9.25. The Bertz CT molecular complexity index is 963. The van der Waals surface area contributed by atoms with Crippen molar-refractivity contribution in [3.63, 3.8) is 0 Å². The van der Waals surface area contributed by atoms with Crippen LogP contribution in [0.5, 0.6) is 0 Å². The van der Waals surface area contributed by atoms with Crippen LogP contribution in [0, 0.1) is 34.6 Å². The number of H-pyrrole nitrogens is 1. The van der Waals surface area contributed by atoms with Gasteiger partial charge in [-0.15, -0.1) is 0 Å². The van der Waals surface area contributed by atoms with Gasteiger partial charge in [0.15, 0.2) is 11.6 Å². The maximum absolute atomic E-state index is 11.7. The van der Waals surface area contributed by atoms with Crippen molar-refractivity contribution in [3.05, 3.63) is 75.7 Å². The Kier molecular flexibility index (Phi) is 7.91. The van der Waals surface area contributed by atoms with Gasteiger partial charge < -0.3 is 10.1 Å². The Balaban J connectivity index is 0.000000234. The number of aliphatic hydroxyl groups is 1. The Morgan fingerprint density at radius 3 is 2.24 bits per heavy atom. The zero-order valence-electron chi connectivity index (χ0n) is 18.4. The highest BCUT2D eigenvalue weighted by atomic mass is 16.3. The Labute approximate surface area is 174 Å².